The molecule has 5 rings (SSSR count). The van der Waals surface area contributed by atoms with E-state index in [0.29, 0.717) is 17.7 Å². The van der Waals surface area contributed by atoms with Crippen molar-refractivity contribution in [1.82, 2.24) is 24.6 Å². The molecule has 0 bridgehead atoms. The topological polar surface area (TPSA) is 76.8 Å². The van der Waals surface area contributed by atoms with Crippen LogP contribution in [-0.4, -0.2) is 19.3 Å². The van der Waals surface area contributed by atoms with Gasteiger partial charge in [-0.2, -0.15) is 0 Å². The minimum Gasteiger partial charge on any atom is -0.340 e. The molecule has 0 spiro atoms. The minimum atomic E-state index is -0.112. The third-order valence-corrected chi connectivity index (χ3v) is 5.98. The lowest BCUT2D eigenvalue weighted by molar-refractivity contribution is 0.563. The van der Waals surface area contributed by atoms with Crippen molar-refractivity contribution < 1.29 is 0 Å². The van der Waals surface area contributed by atoms with Crippen molar-refractivity contribution in [2.24, 2.45) is 0 Å². The molecule has 168 valence electrons. The monoisotopic (exact) mass is 440 g/mol. The van der Waals surface area contributed by atoms with Crippen LogP contribution >= 0.6 is 0 Å². The Hall–Kier alpha value is -3.71. The second-order valence-electron chi connectivity index (χ2n) is 9.44. The van der Waals surface area contributed by atoms with E-state index < -0.39 is 0 Å². The number of aromatic nitrogens is 4. The van der Waals surface area contributed by atoms with Gasteiger partial charge in [0.25, 0.3) is 5.56 Å². The highest BCUT2D eigenvalue weighted by Gasteiger charge is 2.20. The first kappa shape index (κ1) is 21.2. The molecule has 1 aromatic carbocycles. The number of benzene rings is 1. The van der Waals surface area contributed by atoms with Gasteiger partial charge in [0.15, 0.2) is 0 Å². The maximum absolute atomic E-state index is 13.2. The van der Waals surface area contributed by atoms with Crippen LogP contribution < -0.4 is 16.2 Å². The SMILES string of the molecule is C=CCn1c(=O)c2cnc(Nc3ccc4c(c3)CNC4)cc2n1-c1ccnc(C(C)(C)C)c1. The van der Waals surface area contributed by atoms with E-state index in [1.54, 1.807) is 23.2 Å². The molecule has 0 aliphatic carbocycles. The van der Waals surface area contributed by atoms with Crippen LogP contribution in [0.3, 0.4) is 0 Å². The van der Waals surface area contributed by atoms with Crippen LogP contribution in [0.1, 0.15) is 37.6 Å². The molecule has 4 heterocycles. The van der Waals surface area contributed by atoms with E-state index in [-0.39, 0.29) is 11.0 Å². The van der Waals surface area contributed by atoms with E-state index in [4.69, 9.17) is 0 Å². The van der Waals surface area contributed by atoms with Crippen molar-refractivity contribution >= 4 is 22.4 Å². The van der Waals surface area contributed by atoms with Crippen LogP contribution in [0.15, 0.2) is 66.2 Å². The van der Waals surface area contributed by atoms with Gasteiger partial charge in [0, 0.05) is 48.3 Å². The molecule has 0 atom stereocenters. The van der Waals surface area contributed by atoms with Crippen molar-refractivity contribution in [3.8, 4) is 5.69 Å². The van der Waals surface area contributed by atoms with Gasteiger partial charge in [-0.15, -0.1) is 6.58 Å². The fraction of sp³-hybridized carbons (Fsp3) is 0.269. The van der Waals surface area contributed by atoms with E-state index in [1.807, 2.05) is 22.9 Å². The number of hydrogen-bond acceptors (Lipinski definition) is 5. The van der Waals surface area contributed by atoms with Crippen LogP contribution in [0, 0.1) is 0 Å². The second kappa shape index (κ2) is 8.01. The van der Waals surface area contributed by atoms with Crippen LogP contribution in [0.25, 0.3) is 16.6 Å². The smallest absolute Gasteiger partial charge is 0.276 e. The number of nitrogens with zero attached hydrogens (tertiary/aromatic N) is 4. The van der Waals surface area contributed by atoms with Gasteiger partial charge in [0.1, 0.15) is 5.82 Å². The Morgan fingerprint density at radius 2 is 1.94 bits per heavy atom. The normalized spacial score (nSPS) is 13.3. The third kappa shape index (κ3) is 3.85. The second-order valence-corrected chi connectivity index (χ2v) is 9.44. The summed E-state index contributed by atoms with van der Waals surface area (Å²) in [6.45, 7) is 12.4. The van der Waals surface area contributed by atoms with E-state index >= 15 is 0 Å². The molecular formula is C26H28N6O. The van der Waals surface area contributed by atoms with Crippen molar-refractivity contribution in [3.05, 3.63) is 88.6 Å². The summed E-state index contributed by atoms with van der Waals surface area (Å²) in [5.74, 6) is 0.683. The number of fused-ring (bicyclic) bond motifs is 2. The predicted molar refractivity (Wildman–Crippen MR) is 132 cm³/mol. The van der Waals surface area contributed by atoms with Gasteiger partial charge >= 0.3 is 0 Å². The summed E-state index contributed by atoms with van der Waals surface area (Å²) in [6, 6.07) is 12.2. The van der Waals surface area contributed by atoms with Crippen molar-refractivity contribution in [3.63, 3.8) is 0 Å². The molecule has 0 amide bonds. The van der Waals surface area contributed by atoms with Crippen LogP contribution in [-0.2, 0) is 25.0 Å². The molecule has 4 aromatic rings. The quantitative estimate of drug-likeness (QED) is 0.450. The lowest BCUT2D eigenvalue weighted by Crippen LogP contribution is -2.22. The molecule has 0 saturated heterocycles. The van der Waals surface area contributed by atoms with Gasteiger partial charge in [-0.3, -0.25) is 9.78 Å². The molecule has 7 nitrogen and oxygen atoms in total. The average Bonchev–Trinajstić information content (AvgIpc) is 3.36. The minimum absolute atomic E-state index is 0.0957. The Kier molecular flexibility index (Phi) is 5.13. The van der Waals surface area contributed by atoms with Gasteiger partial charge in [-0.25, -0.2) is 14.3 Å². The van der Waals surface area contributed by atoms with E-state index in [9.17, 15) is 4.79 Å². The molecular weight excluding hydrogens is 412 g/mol. The van der Waals surface area contributed by atoms with Crippen LogP contribution in [0.2, 0.25) is 0 Å². The molecule has 0 radical (unpaired) electrons. The van der Waals surface area contributed by atoms with Crippen molar-refractivity contribution in [1.29, 1.82) is 0 Å². The highest BCUT2D eigenvalue weighted by Crippen LogP contribution is 2.26. The molecule has 7 heteroatoms. The summed E-state index contributed by atoms with van der Waals surface area (Å²) in [6.07, 6.45) is 5.17. The van der Waals surface area contributed by atoms with E-state index in [0.717, 1.165) is 35.7 Å². The lowest BCUT2D eigenvalue weighted by Gasteiger charge is -2.19. The van der Waals surface area contributed by atoms with Gasteiger partial charge in [-0.05, 0) is 35.4 Å². The zero-order valence-corrected chi connectivity index (χ0v) is 19.2. The summed E-state index contributed by atoms with van der Waals surface area (Å²) in [5, 5.41) is 7.34. The number of pyridine rings is 2. The molecule has 0 saturated carbocycles. The largest absolute Gasteiger partial charge is 0.340 e. The summed E-state index contributed by atoms with van der Waals surface area (Å²) in [7, 11) is 0. The van der Waals surface area contributed by atoms with Gasteiger partial charge in [0.2, 0.25) is 0 Å². The Balaban J connectivity index is 1.64. The zero-order chi connectivity index (χ0) is 23.2. The van der Waals surface area contributed by atoms with Gasteiger partial charge < -0.3 is 10.6 Å². The summed E-state index contributed by atoms with van der Waals surface area (Å²) in [5.41, 5.74) is 6.01. The number of nitrogens with one attached hydrogen (secondary N) is 2. The first-order chi connectivity index (χ1) is 15.8. The molecule has 1 aliphatic rings. The third-order valence-electron chi connectivity index (χ3n) is 5.98. The van der Waals surface area contributed by atoms with Gasteiger partial charge in [0.05, 0.1) is 23.1 Å². The maximum atomic E-state index is 13.2. The molecule has 0 unspecified atom stereocenters. The zero-order valence-electron chi connectivity index (χ0n) is 19.2. The summed E-state index contributed by atoms with van der Waals surface area (Å²) >= 11 is 0. The predicted octanol–water partition coefficient (Wildman–Crippen LogP) is 4.41. The Bertz CT molecular complexity index is 1420. The standard InChI is InChI=1S/C26H28N6O/c1-5-10-31-25(33)21-16-29-24(30-19-7-6-17-14-27-15-18(17)11-19)13-22(21)32(31)20-8-9-28-23(12-20)26(2,3)4/h5-9,11-13,16,27H,1,10,14-15H2,2-4H3,(H,29,30). The first-order valence-electron chi connectivity index (χ1n) is 11.1. The van der Waals surface area contributed by atoms with E-state index in [1.165, 1.54) is 11.1 Å². The highest BCUT2D eigenvalue weighted by molar-refractivity contribution is 5.83. The van der Waals surface area contributed by atoms with Crippen LogP contribution in [0.5, 0.6) is 0 Å². The fourth-order valence-electron chi connectivity index (χ4n) is 4.26. The molecule has 2 N–H and O–H groups in total. The number of anilines is 2. The van der Waals surface area contributed by atoms with E-state index in [2.05, 4.69) is 66.2 Å². The summed E-state index contributed by atoms with van der Waals surface area (Å²) < 4.78 is 3.63. The average molecular weight is 441 g/mol. The lowest BCUT2D eigenvalue weighted by atomic mass is 9.91. The maximum Gasteiger partial charge on any atom is 0.276 e. The summed E-state index contributed by atoms with van der Waals surface area (Å²) in [4.78, 5) is 22.3. The Morgan fingerprint density at radius 3 is 2.73 bits per heavy atom. The highest BCUT2D eigenvalue weighted by atomic mass is 16.1. The molecule has 3 aromatic heterocycles. The van der Waals surface area contributed by atoms with Crippen LogP contribution in [0.4, 0.5) is 11.5 Å². The first-order valence-corrected chi connectivity index (χ1v) is 11.1. The molecule has 33 heavy (non-hydrogen) atoms. The number of hydrogen-bond donors (Lipinski definition) is 2. The Morgan fingerprint density at radius 1 is 1.12 bits per heavy atom. The molecule has 1 aliphatic heterocycles. The number of rotatable bonds is 5. The molecule has 0 fully saturated rings. The number of allylic oxidation sites excluding steroid dienone is 1. The Labute approximate surface area is 192 Å². The fourth-order valence-corrected chi connectivity index (χ4v) is 4.26. The van der Waals surface area contributed by atoms with Crippen molar-refractivity contribution in [2.45, 2.75) is 45.8 Å². The van der Waals surface area contributed by atoms with Gasteiger partial charge in [-0.1, -0.05) is 32.9 Å². The van der Waals surface area contributed by atoms with Crippen molar-refractivity contribution in [2.75, 3.05) is 5.32 Å².